The highest BCUT2D eigenvalue weighted by atomic mass is 35.5. The van der Waals surface area contributed by atoms with Crippen LogP contribution >= 0.6 is 11.6 Å². The maximum Gasteiger partial charge on any atom is 0.258 e. The molecule has 1 amide bonds. The second kappa shape index (κ2) is 9.61. The molecule has 0 bridgehead atoms. The van der Waals surface area contributed by atoms with E-state index in [1.165, 1.54) is 12.1 Å². The molecule has 1 aliphatic rings. The van der Waals surface area contributed by atoms with Gasteiger partial charge in [0.1, 0.15) is 16.7 Å². The van der Waals surface area contributed by atoms with Crippen molar-refractivity contribution in [1.29, 1.82) is 0 Å². The van der Waals surface area contributed by atoms with Gasteiger partial charge in [-0.05, 0) is 55.3 Å². The Hall–Kier alpha value is -3.06. The average Bonchev–Trinajstić information content (AvgIpc) is 2.97. The summed E-state index contributed by atoms with van der Waals surface area (Å²) < 4.78 is 20.0. The summed E-state index contributed by atoms with van der Waals surface area (Å²) >= 11 is 6.58. The molecule has 0 spiro atoms. The number of methoxy groups -OCH3 is 1. The fraction of sp³-hybridized carbons (Fsp3) is 0.333. The lowest BCUT2D eigenvalue weighted by Crippen LogP contribution is -2.35. The molecule has 32 heavy (non-hydrogen) atoms. The van der Waals surface area contributed by atoms with E-state index in [0.717, 1.165) is 36.5 Å². The van der Waals surface area contributed by atoms with Crippen molar-refractivity contribution in [3.8, 4) is 5.75 Å². The highest BCUT2D eigenvalue weighted by molar-refractivity contribution is 6.33. The van der Waals surface area contributed by atoms with Crippen LogP contribution in [-0.2, 0) is 6.54 Å². The number of hydrogen-bond donors (Lipinski definition) is 0. The fourth-order valence-electron chi connectivity index (χ4n) is 3.99. The van der Waals surface area contributed by atoms with Gasteiger partial charge in [0.05, 0.1) is 24.9 Å². The summed E-state index contributed by atoms with van der Waals surface area (Å²) in [6.45, 7) is 5.03. The Morgan fingerprint density at radius 1 is 1.06 bits per heavy atom. The molecule has 8 heteroatoms. The summed E-state index contributed by atoms with van der Waals surface area (Å²) in [4.78, 5) is 17.5. The van der Waals surface area contributed by atoms with Crippen molar-refractivity contribution in [2.45, 2.75) is 19.9 Å². The topological polar surface area (TPSA) is 50.6 Å². The molecular formula is C24H26ClFN4O2. The van der Waals surface area contributed by atoms with Crippen molar-refractivity contribution in [3.63, 3.8) is 0 Å². The standard InChI is InChI=1S/C24H26ClFN4O2/c1-17-22(23(25)30(27-17)16-18-4-6-19(26)7-5-18)24(31)29-13-3-12-28(14-15-29)20-8-10-21(32-2)11-9-20/h4-11H,3,12-16H2,1-2H3. The Bertz CT molecular complexity index is 1080. The largest absolute Gasteiger partial charge is 0.497 e. The van der Waals surface area contributed by atoms with E-state index < -0.39 is 0 Å². The van der Waals surface area contributed by atoms with Crippen LogP contribution in [0.4, 0.5) is 10.1 Å². The van der Waals surface area contributed by atoms with E-state index in [2.05, 4.69) is 10.00 Å². The quantitative estimate of drug-likeness (QED) is 0.571. The molecule has 6 nitrogen and oxygen atoms in total. The molecule has 0 radical (unpaired) electrons. The SMILES string of the molecule is COc1ccc(N2CCCN(C(=O)c3c(C)nn(Cc4ccc(F)cc4)c3Cl)CC2)cc1. The number of amides is 1. The van der Waals surface area contributed by atoms with Crippen LogP contribution in [-0.4, -0.2) is 53.9 Å². The Labute approximate surface area is 192 Å². The van der Waals surface area contributed by atoms with E-state index in [9.17, 15) is 9.18 Å². The fourth-order valence-corrected chi connectivity index (χ4v) is 4.31. The monoisotopic (exact) mass is 456 g/mol. The van der Waals surface area contributed by atoms with E-state index in [1.807, 2.05) is 29.2 Å². The Kier molecular flexibility index (Phi) is 6.65. The molecule has 0 saturated carbocycles. The molecule has 0 atom stereocenters. The molecule has 1 aromatic heterocycles. The van der Waals surface area contributed by atoms with Crippen LogP contribution in [0.25, 0.3) is 0 Å². The molecule has 2 aromatic carbocycles. The van der Waals surface area contributed by atoms with Crippen LogP contribution in [0.1, 0.15) is 28.0 Å². The van der Waals surface area contributed by atoms with E-state index in [-0.39, 0.29) is 11.7 Å². The molecule has 168 valence electrons. The van der Waals surface area contributed by atoms with Crippen molar-refractivity contribution < 1.29 is 13.9 Å². The predicted molar refractivity (Wildman–Crippen MR) is 123 cm³/mol. The van der Waals surface area contributed by atoms with Crippen molar-refractivity contribution >= 4 is 23.2 Å². The average molecular weight is 457 g/mol. The lowest BCUT2D eigenvalue weighted by molar-refractivity contribution is 0.0766. The maximum absolute atomic E-state index is 13.3. The van der Waals surface area contributed by atoms with E-state index in [0.29, 0.717) is 36.0 Å². The predicted octanol–water partition coefficient (Wildman–Crippen LogP) is 4.39. The zero-order chi connectivity index (χ0) is 22.7. The molecule has 1 fully saturated rings. The third-order valence-electron chi connectivity index (χ3n) is 5.75. The van der Waals surface area contributed by atoms with Gasteiger partial charge in [-0.25, -0.2) is 9.07 Å². The molecule has 1 saturated heterocycles. The van der Waals surface area contributed by atoms with Gasteiger partial charge < -0.3 is 14.5 Å². The summed E-state index contributed by atoms with van der Waals surface area (Å²) in [5.41, 5.74) is 3.01. The highest BCUT2D eigenvalue weighted by Crippen LogP contribution is 2.25. The molecule has 0 unspecified atom stereocenters. The number of anilines is 1. The van der Waals surface area contributed by atoms with E-state index >= 15 is 0 Å². The molecule has 4 rings (SSSR count). The van der Waals surface area contributed by atoms with Crippen molar-refractivity contribution in [2.75, 3.05) is 38.2 Å². The van der Waals surface area contributed by atoms with Crippen LogP contribution in [0.2, 0.25) is 5.15 Å². The molecule has 2 heterocycles. The lowest BCUT2D eigenvalue weighted by atomic mass is 10.2. The first kappa shape index (κ1) is 22.1. The van der Waals surface area contributed by atoms with Gasteiger partial charge in [-0.2, -0.15) is 5.10 Å². The summed E-state index contributed by atoms with van der Waals surface area (Å²) in [7, 11) is 1.65. The van der Waals surface area contributed by atoms with Gasteiger partial charge in [-0.15, -0.1) is 0 Å². The van der Waals surface area contributed by atoms with Crippen molar-refractivity contribution in [2.24, 2.45) is 0 Å². The van der Waals surface area contributed by atoms with Crippen molar-refractivity contribution in [1.82, 2.24) is 14.7 Å². The first-order valence-electron chi connectivity index (χ1n) is 10.6. The normalized spacial score (nSPS) is 14.4. The Morgan fingerprint density at radius 2 is 1.78 bits per heavy atom. The Balaban J connectivity index is 1.46. The highest BCUT2D eigenvalue weighted by Gasteiger charge is 2.27. The second-order valence-electron chi connectivity index (χ2n) is 7.87. The first-order chi connectivity index (χ1) is 15.5. The number of hydrogen-bond acceptors (Lipinski definition) is 4. The molecular weight excluding hydrogens is 431 g/mol. The third kappa shape index (κ3) is 4.72. The number of aromatic nitrogens is 2. The number of benzene rings is 2. The van der Waals surface area contributed by atoms with Crippen LogP contribution in [0, 0.1) is 12.7 Å². The van der Waals surface area contributed by atoms with Gasteiger partial charge in [-0.1, -0.05) is 23.7 Å². The van der Waals surface area contributed by atoms with E-state index in [4.69, 9.17) is 16.3 Å². The summed E-state index contributed by atoms with van der Waals surface area (Å²) in [5.74, 6) is 0.426. The lowest BCUT2D eigenvalue weighted by Gasteiger charge is -2.24. The number of rotatable bonds is 5. The van der Waals surface area contributed by atoms with Gasteiger partial charge >= 0.3 is 0 Å². The molecule has 3 aromatic rings. The number of carbonyl (C=O) groups is 1. The number of ether oxygens (including phenoxy) is 1. The van der Waals surface area contributed by atoms with Crippen LogP contribution < -0.4 is 9.64 Å². The van der Waals surface area contributed by atoms with Crippen LogP contribution in [0.15, 0.2) is 48.5 Å². The minimum Gasteiger partial charge on any atom is -0.497 e. The summed E-state index contributed by atoms with van der Waals surface area (Å²) in [6.07, 6.45) is 0.859. The van der Waals surface area contributed by atoms with Gasteiger partial charge in [0.2, 0.25) is 0 Å². The van der Waals surface area contributed by atoms with E-state index in [1.54, 1.807) is 30.8 Å². The number of carbonyl (C=O) groups excluding carboxylic acids is 1. The number of nitrogens with zero attached hydrogens (tertiary/aromatic N) is 4. The third-order valence-corrected chi connectivity index (χ3v) is 6.13. The molecule has 0 N–H and O–H groups in total. The van der Waals surface area contributed by atoms with Gasteiger partial charge in [-0.3, -0.25) is 4.79 Å². The summed E-state index contributed by atoms with van der Waals surface area (Å²) in [6, 6.07) is 14.1. The molecule has 1 aliphatic heterocycles. The number of halogens is 2. The van der Waals surface area contributed by atoms with Crippen LogP contribution in [0.3, 0.4) is 0 Å². The second-order valence-corrected chi connectivity index (χ2v) is 8.22. The summed E-state index contributed by atoms with van der Waals surface area (Å²) in [5, 5.41) is 4.78. The zero-order valence-corrected chi connectivity index (χ0v) is 19.0. The first-order valence-corrected chi connectivity index (χ1v) is 11.0. The van der Waals surface area contributed by atoms with Gasteiger partial charge in [0, 0.05) is 31.9 Å². The maximum atomic E-state index is 13.3. The minimum absolute atomic E-state index is 0.102. The molecule has 0 aliphatic carbocycles. The number of aryl methyl sites for hydroxylation is 1. The van der Waals surface area contributed by atoms with Crippen LogP contribution in [0.5, 0.6) is 5.75 Å². The van der Waals surface area contributed by atoms with Gasteiger partial charge in [0.25, 0.3) is 5.91 Å². The van der Waals surface area contributed by atoms with Gasteiger partial charge in [0.15, 0.2) is 0 Å². The smallest absolute Gasteiger partial charge is 0.258 e. The zero-order valence-electron chi connectivity index (χ0n) is 18.2. The van der Waals surface area contributed by atoms with Crippen molar-refractivity contribution in [3.05, 3.63) is 76.3 Å². The minimum atomic E-state index is -0.294. The Morgan fingerprint density at radius 3 is 2.47 bits per heavy atom.